The van der Waals surface area contributed by atoms with E-state index in [1.165, 1.54) is 11.1 Å². The zero-order valence-corrected chi connectivity index (χ0v) is 15.5. The third kappa shape index (κ3) is 5.57. The van der Waals surface area contributed by atoms with Crippen LogP contribution in [0.25, 0.3) is 0 Å². The van der Waals surface area contributed by atoms with Crippen molar-refractivity contribution in [2.75, 3.05) is 13.2 Å². The molecule has 1 aliphatic rings. The van der Waals surface area contributed by atoms with Gasteiger partial charge in [-0.25, -0.2) is 0 Å². The Morgan fingerprint density at radius 3 is 2.52 bits per heavy atom. The molecule has 0 heterocycles. The minimum Gasteiger partial charge on any atom is -0.396 e. The van der Waals surface area contributed by atoms with E-state index in [0.717, 1.165) is 6.42 Å². The summed E-state index contributed by atoms with van der Waals surface area (Å²) in [6, 6.07) is 10.2. The highest BCUT2D eigenvalue weighted by Gasteiger charge is 2.38. The first-order chi connectivity index (χ1) is 10.9. The fourth-order valence-corrected chi connectivity index (χ4v) is 4.88. The van der Waals surface area contributed by atoms with Gasteiger partial charge in [-0.2, -0.15) is 0 Å². The fraction of sp³-hybridized carbons (Fsp3) is 0.579. The van der Waals surface area contributed by atoms with Crippen LogP contribution in [0, 0.1) is 11.8 Å². The molecule has 0 bridgehead atoms. The third-order valence-electron chi connectivity index (χ3n) is 4.45. The van der Waals surface area contributed by atoms with Crippen LogP contribution in [-0.4, -0.2) is 37.6 Å². The molecular formula is C19H30O3Si. The van der Waals surface area contributed by atoms with Crippen molar-refractivity contribution in [2.45, 2.75) is 45.2 Å². The van der Waals surface area contributed by atoms with Crippen LogP contribution < -0.4 is 0 Å². The lowest BCUT2D eigenvalue weighted by Gasteiger charge is -2.22. The van der Waals surface area contributed by atoms with Gasteiger partial charge in [0.05, 0.1) is 20.8 Å². The first-order valence-electron chi connectivity index (χ1n) is 8.53. The largest absolute Gasteiger partial charge is 0.396 e. The van der Waals surface area contributed by atoms with E-state index in [9.17, 15) is 10.2 Å². The number of aliphatic hydroxyl groups is 2. The molecule has 1 aromatic carbocycles. The average molecular weight is 335 g/mol. The normalized spacial score (nSPS) is 26.8. The van der Waals surface area contributed by atoms with Gasteiger partial charge in [-0.05, 0) is 24.3 Å². The predicted molar refractivity (Wildman–Crippen MR) is 96.8 cm³/mol. The first-order valence-corrected chi connectivity index (χ1v) is 12.1. The zero-order chi connectivity index (χ0) is 16.9. The topological polar surface area (TPSA) is 49.7 Å². The molecule has 0 spiro atoms. The minimum atomic E-state index is -1.33. The number of hydrogen-bond acceptors (Lipinski definition) is 3. The Balaban J connectivity index is 1.92. The highest BCUT2D eigenvalue weighted by Crippen LogP contribution is 2.39. The van der Waals surface area contributed by atoms with Gasteiger partial charge < -0.3 is 14.9 Å². The maximum Gasteiger partial charge on any atom is 0.0716 e. The number of hydrogen-bond donors (Lipinski definition) is 2. The summed E-state index contributed by atoms with van der Waals surface area (Å²) in [7, 11) is -1.33. The van der Waals surface area contributed by atoms with Gasteiger partial charge >= 0.3 is 0 Å². The van der Waals surface area contributed by atoms with E-state index in [4.69, 9.17) is 4.74 Å². The average Bonchev–Trinajstić information content (AvgIpc) is 2.77. The maximum atomic E-state index is 10.2. The van der Waals surface area contributed by atoms with Gasteiger partial charge in [-0.1, -0.05) is 61.2 Å². The van der Waals surface area contributed by atoms with E-state index < -0.39 is 14.2 Å². The highest BCUT2D eigenvalue weighted by molar-refractivity contribution is 6.81. The summed E-state index contributed by atoms with van der Waals surface area (Å²) >= 11 is 0. The first kappa shape index (κ1) is 18.4. The summed E-state index contributed by atoms with van der Waals surface area (Å²) in [5, 5.41) is 19.9. The van der Waals surface area contributed by atoms with Crippen LogP contribution in [0.2, 0.25) is 19.6 Å². The second-order valence-corrected chi connectivity index (χ2v) is 12.7. The van der Waals surface area contributed by atoms with Crippen LogP contribution in [0.3, 0.4) is 0 Å². The molecule has 1 aliphatic carbocycles. The maximum absolute atomic E-state index is 10.2. The van der Waals surface area contributed by atoms with Crippen molar-refractivity contribution in [3.05, 3.63) is 47.2 Å². The summed E-state index contributed by atoms with van der Waals surface area (Å²) < 4.78 is 5.81. The van der Waals surface area contributed by atoms with E-state index in [1.807, 2.05) is 18.2 Å². The predicted octanol–water partition coefficient (Wildman–Crippen LogP) is 3.39. The Morgan fingerprint density at radius 2 is 1.91 bits per heavy atom. The number of benzene rings is 1. The molecule has 0 aromatic heterocycles. The van der Waals surface area contributed by atoms with Crippen molar-refractivity contribution in [1.82, 2.24) is 0 Å². The Hall–Kier alpha value is -0.943. The van der Waals surface area contributed by atoms with E-state index in [-0.39, 0.29) is 18.4 Å². The summed E-state index contributed by atoms with van der Waals surface area (Å²) in [5.74, 6) is 0.204. The van der Waals surface area contributed by atoms with Crippen LogP contribution in [0.5, 0.6) is 0 Å². The van der Waals surface area contributed by atoms with Gasteiger partial charge in [0.2, 0.25) is 0 Å². The lowest BCUT2D eigenvalue weighted by molar-refractivity contribution is 0.0555. The summed E-state index contributed by atoms with van der Waals surface area (Å²) in [5.41, 5.74) is 4.91. The van der Waals surface area contributed by atoms with Crippen LogP contribution >= 0.6 is 0 Å². The SMILES string of the molecule is C[Si](C)(C)/C=C1/C[C@H](O)[C@H](CO)[C@@H]1CCOCc1ccccc1. The Morgan fingerprint density at radius 1 is 1.22 bits per heavy atom. The lowest BCUT2D eigenvalue weighted by Crippen LogP contribution is -2.24. The van der Waals surface area contributed by atoms with Gasteiger partial charge in [0, 0.05) is 19.1 Å². The van der Waals surface area contributed by atoms with E-state index in [0.29, 0.717) is 19.6 Å². The fourth-order valence-electron chi connectivity index (χ4n) is 3.43. The summed E-state index contributed by atoms with van der Waals surface area (Å²) in [6.45, 7) is 8.25. The molecule has 1 fully saturated rings. The quantitative estimate of drug-likeness (QED) is 0.593. The van der Waals surface area contributed by atoms with Crippen molar-refractivity contribution < 1.29 is 14.9 Å². The molecule has 128 valence electrons. The van der Waals surface area contributed by atoms with E-state index in [1.54, 1.807) is 0 Å². The third-order valence-corrected chi connectivity index (χ3v) is 5.68. The van der Waals surface area contributed by atoms with Crippen molar-refractivity contribution in [1.29, 1.82) is 0 Å². The Kier molecular flexibility index (Phi) is 6.59. The van der Waals surface area contributed by atoms with Gasteiger partial charge in [0.1, 0.15) is 0 Å². The highest BCUT2D eigenvalue weighted by atomic mass is 28.3. The minimum absolute atomic E-state index is 0.0436. The zero-order valence-electron chi connectivity index (χ0n) is 14.5. The second kappa shape index (κ2) is 8.24. The van der Waals surface area contributed by atoms with E-state index in [2.05, 4.69) is 37.5 Å². The molecule has 0 unspecified atom stereocenters. The lowest BCUT2D eigenvalue weighted by atomic mass is 9.91. The molecule has 4 heteroatoms. The summed E-state index contributed by atoms with van der Waals surface area (Å²) in [6.07, 6.45) is 1.16. The van der Waals surface area contributed by atoms with Gasteiger partial charge in [0.15, 0.2) is 0 Å². The molecule has 0 amide bonds. The molecule has 3 nitrogen and oxygen atoms in total. The van der Waals surface area contributed by atoms with Crippen LogP contribution in [0.1, 0.15) is 18.4 Å². The molecule has 1 aromatic rings. The van der Waals surface area contributed by atoms with Crippen LogP contribution in [0.4, 0.5) is 0 Å². The molecule has 23 heavy (non-hydrogen) atoms. The standard InChI is InChI=1S/C19H30O3Si/c1-23(2,3)14-16-11-19(21)18(12-20)17(16)9-10-22-13-15-7-5-4-6-8-15/h4-8,14,17-21H,9-13H2,1-3H3/b16-14-/t17-,18-,19+/m1/s1. The smallest absolute Gasteiger partial charge is 0.0716 e. The summed E-state index contributed by atoms with van der Waals surface area (Å²) in [4.78, 5) is 0. The monoisotopic (exact) mass is 334 g/mol. The van der Waals surface area contributed by atoms with Crippen molar-refractivity contribution in [3.8, 4) is 0 Å². The van der Waals surface area contributed by atoms with Crippen LogP contribution in [-0.2, 0) is 11.3 Å². The second-order valence-electron chi connectivity index (χ2n) is 7.64. The van der Waals surface area contributed by atoms with Crippen LogP contribution in [0.15, 0.2) is 41.6 Å². The van der Waals surface area contributed by atoms with Crippen molar-refractivity contribution in [3.63, 3.8) is 0 Å². The number of ether oxygens (including phenoxy) is 1. The van der Waals surface area contributed by atoms with Crippen molar-refractivity contribution >= 4 is 8.07 Å². The molecule has 0 saturated heterocycles. The molecular weight excluding hydrogens is 304 g/mol. The van der Waals surface area contributed by atoms with Gasteiger partial charge in [-0.15, -0.1) is 0 Å². The molecule has 3 atom stereocenters. The molecule has 1 saturated carbocycles. The van der Waals surface area contributed by atoms with E-state index >= 15 is 0 Å². The van der Waals surface area contributed by atoms with Gasteiger partial charge in [-0.3, -0.25) is 0 Å². The molecule has 2 rings (SSSR count). The number of rotatable bonds is 7. The van der Waals surface area contributed by atoms with Crippen molar-refractivity contribution in [2.24, 2.45) is 11.8 Å². The van der Waals surface area contributed by atoms with Gasteiger partial charge in [0.25, 0.3) is 0 Å². The molecule has 0 radical (unpaired) electrons. The Labute approximate surface area is 141 Å². The molecule has 0 aliphatic heterocycles. The Bertz CT molecular complexity index is 507. The number of aliphatic hydroxyl groups excluding tert-OH is 2. The molecule has 2 N–H and O–H groups in total.